The van der Waals surface area contributed by atoms with Crippen molar-refractivity contribution in [1.82, 2.24) is 10.2 Å². The number of rotatable bonds is 8. The van der Waals surface area contributed by atoms with Crippen LogP contribution in [-0.4, -0.2) is 57.4 Å². The molecule has 0 amide bonds. The van der Waals surface area contributed by atoms with Crippen LogP contribution < -0.4 is 19.5 Å². The Morgan fingerprint density at radius 3 is 2.47 bits per heavy atom. The molecule has 1 N–H and O–H groups in total. The zero-order chi connectivity index (χ0) is 21.2. The van der Waals surface area contributed by atoms with E-state index in [-0.39, 0.29) is 6.10 Å². The highest BCUT2D eigenvalue weighted by Crippen LogP contribution is 2.24. The Hall–Kier alpha value is -2.89. The molecule has 3 rings (SSSR count). The quantitative estimate of drug-likeness (QED) is 0.530. The zero-order valence-electron chi connectivity index (χ0n) is 18.3. The smallest absolute Gasteiger partial charge is 0.193 e. The first-order valence-electron chi connectivity index (χ1n) is 10.7. The number of piperidine rings is 1. The molecule has 0 spiro atoms. The first-order chi connectivity index (χ1) is 14.7. The molecular weight excluding hydrogens is 378 g/mol. The van der Waals surface area contributed by atoms with Gasteiger partial charge in [-0.1, -0.05) is 18.2 Å². The molecule has 30 heavy (non-hydrogen) atoms. The third-order valence-electron chi connectivity index (χ3n) is 5.25. The van der Waals surface area contributed by atoms with E-state index in [0.29, 0.717) is 6.54 Å². The fourth-order valence-corrected chi connectivity index (χ4v) is 3.66. The van der Waals surface area contributed by atoms with Crippen LogP contribution in [0.5, 0.6) is 17.2 Å². The average Bonchev–Trinajstić information content (AvgIpc) is 2.79. The number of ether oxygens (including phenoxy) is 3. The van der Waals surface area contributed by atoms with Crippen molar-refractivity contribution in [2.24, 2.45) is 4.99 Å². The normalized spacial score (nSPS) is 15.0. The molecule has 0 saturated carbocycles. The van der Waals surface area contributed by atoms with E-state index < -0.39 is 0 Å². The Morgan fingerprint density at radius 2 is 1.80 bits per heavy atom. The second kappa shape index (κ2) is 11.3. The Labute approximate surface area is 179 Å². The maximum Gasteiger partial charge on any atom is 0.193 e. The van der Waals surface area contributed by atoms with Crippen LogP contribution in [0.2, 0.25) is 0 Å². The van der Waals surface area contributed by atoms with Crippen molar-refractivity contribution in [1.29, 1.82) is 0 Å². The molecule has 2 aromatic rings. The predicted molar refractivity (Wildman–Crippen MR) is 121 cm³/mol. The minimum absolute atomic E-state index is 0.257. The summed E-state index contributed by atoms with van der Waals surface area (Å²) in [7, 11) is 3.37. The van der Waals surface area contributed by atoms with E-state index in [1.807, 2.05) is 48.5 Å². The summed E-state index contributed by atoms with van der Waals surface area (Å²) in [6.45, 7) is 5.51. The summed E-state index contributed by atoms with van der Waals surface area (Å²) < 4.78 is 16.9. The second-order valence-electron chi connectivity index (χ2n) is 7.28. The van der Waals surface area contributed by atoms with Gasteiger partial charge in [0.25, 0.3) is 0 Å². The van der Waals surface area contributed by atoms with Gasteiger partial charge in [0.15, 0.2) is 5.96 Å². The van der Waals surface area contributed by atoms with E-state index in [1.54, 1.807) is 14.2 Å². The lowest BCUT2D eigenvalue weighted by atomic mass is 10.1. The lowest BCUT2D eigenvalue weighted by Crippen LogP contribution is -2.47. The van der Waals surface area contributed by atoms with Crippen molar-refractivity contribution in [3.8, 4) is 17.2 Å². The summed E-state index contributed by atoms with van der Waals surface area (Å²) >= 11 is 0. The molecule has 6 heteroatoms. The molecule has 1 aliphatic heterocycles. The van der Waals surface area contributed by atoms with E-state index in [2.05, 4.69) is 17.1 Å². The topological polar surface area (TPSA) is 55.3 Å². The Morgan fingerprint density at radius 1 is 1.03 bits per heavy atom. The summed E-state index contributed by atoms with van der Waals surface area (Å²) in [5.41, 5.74) is 1.10. The predicted octanol–water partition coefficient (Wildman–Crippen LogP) is 3.76. The van der Waals surface area contributed by atoms with Gasteiger partial charge in [0.05, 0.1) is 14.2 Å². The number of hydrogen-bond acceptors (Lipinski definition) is 4. The summed E-state index contributed by atoms with van der Waals surface area (Å²) in [6.07, 6.45) is 3.03. The highest BCUT2D eigenvalue weighted by Gasteiger charge is 2.22. The van der Waals surface area contributed by atoms with Crippen molar-refractivity contribution in [3.05, 3.63) is 54.1 Å². The number of methoxy groups -OCH3 is 2. The zero-order valence-corrected chi connectivity index (χ0v) is 18.3. The summed E-state index contributed by atoms with van der Waals surface area (Å²) in [5.74, 6) is 3.62. The van der Waals surface area contributed by atoms with Crippen molar-refractivity contribution < 1.29 is 14.2 Å². The van der Waals surface area contributed by atoms with Gasteiger partial charge in [-0.15, -0.1) is 0 Å². The van der Waals surface area contributed by atoms with Gasteiger partial charge in [-0.05, 0) is 49.2 Å². The minimum Gasteiger partial charge on any atom is -0.497 e. The van der Waals surface area contributed by atoms with E-state index in [0.717, 1.165) is 67.7 Å². The van der Waals surface area contributed by atoms with Gasteiger partial charge in [0.1, 0.15) is 23.4 Å². The van der Waals surface area contributed by atoms with Crippen LogP contribution in [0, 0.1) is 0 Å². The SMILES string of the molecule is CCNC(=NCCc1cc(OC)ccc1OC)N1CCC(Oc2ccccc2)CC1. The van der Waals surface area contributed by atoms with E-state index >= 15 is 0 Å². The molecule has 2 aromatic carbocycles. The third kappa shape index (κ3) is 6.05. The lowest BCUT2D eigenvalue weighted by molar-refractivity contribution is 0.129. The number of nitrogens with one attached hydrogen (secondary N) is 1. The Balaban J connectivity index is 1.56. The summed E-state index contributed by atoms with van der Waals surface area (Å²) in [4.78, 5) is 7.20. The summed E-state index contributed by atoms with van der Waals surface area (Å²) in [5, 5.41) is 3.43. The van der Waals surface area contributed by atoms with Crippen LogP contribution in [-0.2, 0) is 6.42 Å². The number of para-hydroxylation sites is 1. The van der Waals surface area contributed by atoms with Crippen LogP contribution in [0.25, 0.3) is 0 Å². The highest BCUT2D eigenvalue weighted by molar-refractivity contribution is 5.80. The second-order valence-corrected chi connectivity index (χ2v) is 7.28. The summed E-state index contributed by atoms with van der Waals surface area (Å²) in [6, 6.07) is 16.0. The first kappa shape index (κ1) is 21.8. The molecule has 1 fully saturated rings. The van der Waals surface area contributed by atoms with Crippen molar-refractivity contribution in [3.63, 3.8) is 0 Å². The van der Waals surface area contributed by atoms with Gasteiger partial charge < -0.3 is 24.4 Å². The Kier molecular flexibility index (Phi) is 8.24. The maximum absolute atomic E-state index is 6.12. The lowest BCUT2D eigenvalue weighted by Gasteiger charge is -2.34. The first-order valence-corrected chi connectivity index (χ1v) is 10.7. The monoisotopic (exact) mass is 411 g/mol. The number of nitrogens with zero attached hydrogens (tertiary/aromatic N) is 2. The molecule has 0 aromatic heterocycles. The van der Waals surface area contributed by atoms with Gasteiger partial charge in [0.2, 0.25) is 0 Å². The molecule has 0 aliphatic carbocycles. The van der Waals surface area contributed by atoms with Crippen molar-refractivity contribution in [2.75, 3.05) is 40.4 Å². The van der Waals surface area contributed by atoms with Crippen LogP contribution >= 0.6 is 0 Å². The largest absolute Gasteiger partial charge is 0.497 e. The van der Waals surface area contributed by atoms with Crippen LogP contribution in [0.15, 0.2) is 53.5 Å². The van der Waals surface area contributed by atoms with Gasteiger partial charge in [-0.2, -0.15) is 0 Å². The third-order valence-corrected chi connectivity index (χ3v) is 5.25. The molecule has 0 radical (unpaired) electrons. The Bertz CT molecular complexity index is 803. The molecule has 6 nitrogen and oxygen atoms in total. The van der Waals surface area contributed by atoms with E-state index in [1.165, 1.54) is 0 Å². The molecule has 0 atom stereocenters. The van der Waals surface area contributed by atoms with E-state index in [4.69, 9.17) is 19.2 Å². The van der Waals surface area contributed by atoms with Crippen LogP contribution in [0.1, 0.15) is 25.3 Å². The van der Waals surface area contributed by atoms with Crippen molar-refractivity contribution >= 4 is 5.96 Å². The average molecular weight is 412 g/mol. The van der Waals surface area contributed by atoms with Gasteiger partial charge >= 0.3 is 0 Å². The van der Waals surface area contributed by atoms with Crippen LogP contribution in [0.4, 0.5) is 0 Å². The van der Waals surface area contributed by atoms with Gasteiger partial charge in [-0.3, -0.25) is 4.99 Å². The number of aliphatic imine (C=N–C) groups is 1. The van der Waals surface area contributed by atoms with Gasteiger partial charge in [-0.25, -0.2) is 0 Å². The number of likely N-dealkylation sites (tertiary alicyclic amines) is 1. The standard InChI is InChI=1S/C24H33N3O3/c1-4-25-24(26-15-12-19-18-22(28-2)10-11-23(19)29-3)27-16-13-21(14-17-27)30-20-8-6-5-7-9-20/h5-11,18,21H,4,12-17H2,1-3H3,(H,25,26). The molecule has 0 unspecified atom stereocenters. The molecule has 1 heterocycles. The molecule has 162 valence electrons. The molecule has 1 aliphatic rings. The molecular formula is C24H33N3O3. The van der Waals surface area contributed by atoms with Crippen molar-refractivity contribution in [2.45, 2.75) is 32.3 Å². The number of benzene rings is 2. The fraction of sp³-hybridized carbons (Fsp3) is 0.458. The number of guanidine groups is 1. The highest BCUT2D eigenvalue weighted by atomic mass is 16.5. The molecule has 1 saturated heterocycles. The molecule has 0 bridgehead atoms. The van der Waals surface area contributed by atoms with Crippen LogP contribution in [0.3, 0.4) is 0 Å². The minimum atomic E-state index is 0.257. The maximum atomic E-state index is 6.12. The van der Waals surface area contributed by atoms with E-state index in [9.17, 15) is 0 Å². The number of hydrogen-bond donors (Lipinski definition) is 1. The van der Waals surface area contributed by atoms with Gasteiger partial charge in [0, 0.05) is 39.0 Å². The fourth-order valence-electron chi connectivity index (χ4n) is 3.66.